The summed E-state index contributed by atoms with van der Waals surface area (Å²) in [6, 6.07) is 0. The number of imidazole rings is 1. The number of rotatable bonds is 5. The molecule has 1 aliphatic carbocycles. The lowest BCUT2D eigenvalue weighted by Gasteiger charge is -2.08. The van der Waals surface area contributed by atoms with Crippen molar-refractivity contribution in [2.45, 2.75) is 43.6 Å². The van der Waals surface area contributed by atoms with Crippen LogP contribution in [0.3, 0.4) is 0 Å². The minimum atomic E-state index is 0.0258. The Morgan fingerprint density at radius 1 is 1.48 bits per heavy atom. The quantitative estimate of drug-likeness (QED) is 0.651. The normalized spacial score (nSPS) is 13.4. The molecule has 0 aliphatic heterocycles. The third-order valence-electron chi connectivity index (χ3n) is 3.79. The van der Waals surface area contributed by atoms with Gasteiger partial charge in [-0.1, -0.05) is 11.8 Å². The maximum Gasteiger partial charge on any atom is 0.254 e. The van der Waals surface area contributed by atoms with E-state index in [-0.39, 0.29) is 5.56 Å². The van der Waals surface area contributed by atoms with Gasteiger partial charge in [-0.2, -0.15) is 0 Å². The van der Waals surface area contributed by atoms with Crippen LogP contribution in [0.2, 0.25) is 0 Å². The van der Waals surface area contributed by atoms with Crippen molar-refractivity contribution < 1.29 is 0 Å². The molecule has 2 heterocycles. The van der Waals surface area contributed by atoms with Crippen LogP contribution < -0.4 is 10.9 Å². The van der Waals surface area contributed by atoms with Crippen molar-refractivity contribution in [3.63, 3.8) is 0 Å². The third-order valence-corrected chi connectivity index (χ3v) is 4.67. The number of aromatic amines is 1. The number of hydrogen-bond donors (Lipinski definition) is 2. The van der Waals surface area contributed by atoms with Crippen molar-refractivity contribution in [3.8, 4) is 0 Å². The van der Waals surface area contributed by atoms with Crippen LogP contribution in [0.5, 0.6) is 0 Å². The molecule has 2 N–H and O–H groups in total. The highest BCUT2D eigenvalue weighted by molar-refractivity contribution is 7.98. The van der Waals surface area contributed by atoms with Crippen LogP contribution in [0.15, 0.2) is 16.3 Å². The molecule has 0 saturated heterocycles. The van der Waals surface area contributed by atoms with Gasteiger partial charge in [0, 0.05) is 24.9 Å². The molecule has 7 heteroatoms. The van der Waals surface area contributed by atoms with Crippen molar-refractivity contribution in [1.29, 1.82) is 0 Å². The highest BCUT2D eigenvalue weighted by Gasteiger charge is 2.18. The summed E-state index contributed by atoms with van der Waals surface area (Å²) in [5, 5.41) is 3.80. The van der Waals surface area contributed by atoms with Gasteiger partial charge in [0.1, 0.15) is 5.82 Å². The lowest BCUT2D eigenvalue weighted by molar-refractivity contribution is 0.733. The fourth-order valence-electron chi connectivity index (χ4n) is 2.66. The number of nitrogens with zero attached hydrogens (tertiary/aromatic N) is 3. The predicted octanol–water partition coefficient (Wildman–Crippen LogP) is 1.81. The second-order valence-electron chi connectivity index (χ2n) is 5.01. The second-order valence-corrected chi connectivity index (χ2v) is 5.98. The van der Waals surface area contributed by atoms with Crippen molar-refractivity contribution >= 4 is 17.6 Å². The third kappa shape index (κ3) is 2.70. The highest BCUT2D eigenvalue weighted by Crippen LogP contribution is 2.25. The van der Waals surface area contributed by atoms with Gasteiger partial charge in [-0.25, -0.2) is 9.97 Å². The SMILES string of the molecule is CCn1cnc(NC)c1CSc1nc2c(c(=O)[nH]1)CCC2. The Labute approximate surface area is 127 Å². The van der Waals surface area contributed by atoms with Crippen LogP contribution in [0, 0.1) is 0 Å². The molecule has 1 aliphatic rings. The van der Waals surface area contributed by atoms with E-state index < -0.39 is 0 Å². The Balaban J connectivity index is 1.81. The minimum Gasteiger partial charge on any atom is -0.372 e. The fraction of sp³-hybridized carbons (Fsp3) is 0.500. The minimum absolute atomic E-state index is 0.0258. The first kappa shape index (κ1) is 14.2. The number of anilines is 1. The molecule has 0 bridgehead atoms. The molecule has 0 radical (unpaired) electrons. The molecule has 0 saturated carbocycles. The smallest absolute Gasteiger partial charge is 0.254 e. The van der Waals surface area contributed by atoms with E-state index in [1.54, 1.807) is 11.8 Å². The van der Waals surface area contributed by atoms with E-state index in [2.05, 4.69) is 31.8 Å². The second kappa shape index (κ2) is 5.93. The maximum absolute atomic E-state index is 12.0. The number of thioether (sulfide) groups is 1. The predicted molar refractivity (Wildman–Crippen MR) is 83.9 cm³/mol. The van der Waals surface area contributed by atoms with Crippen LogP contribution >= 0.6 is 11.8 Å². The standard InChI is InChI=1S/C14H19N5OS/c1-3-19-8-16-12(15-2)11(19)7-21-14-17-10-6-4-5-9(10)13(20)18-14/h8,15H,3-7H2,1-2H3,(H,17,18,20). The van der Waals surface area contributed by atoms with E-state index in [1.165, 1.54) is 0 Å². The van der Waals surface area contributed by atoms with Gasteiger partial charge < -0.3 is 14.9 Å². The average molecular weight is 305 g/mol. The molecule has 0 aromatic carbocycles. The summed E-state index contributed by atoms with van der Waals surface area (Å²) in [6.45, 7) is 2.96. The Hall–Kier alpha value is -1.76. The summed E-state index contributed by atoms with van der Waals surface area (Å²) in [6.07, 6.45) is 4.64. The molecule has 0 atom stereocenters. The summed E-state index contributed by atoms with van der Waals surface area (Å²) in [5.74, 6) is 1.61. The van der Waals surface area contributed by atoms with Crippen LogP contribution in [0.1, 0.15) is 30.3 Å². The number of hydrogen-bond acceptors (Lipinski definition) is 5. The van der Waals surface area contributed by atoms with E-state index in [9.17, 15) is 4.79 Å². The van der Waals surface area contributed by atoms with E-state index in [1.807, 2.05) is 13.4 Å². The van der Waals surface area contributed by atoms with Gasteiger partial charge in [0.05, 0.1) is 17.7 Å². The number of fused-ring (bicyclic) bond motifs is 1. The summed E-state index contributed by atoms with van der Waals surface area (Å²) < 4.78 is 2.10. The number of aryl methyl sites for hydroxylation is 2. The van der Waals surface area contributed by atoms with E-state index in [0.29, 0.717) is 5.16 Å². The van der Waals surface area contributed by atoms with E-state index >= 15 is 0 Å². The average Bonchev–Trinajstić information content (AvgIpc) is 3.10. The molecule has 0 fully saturated rings. The van der Waals surface area contributed by atoms with Gasteiger partial charge >= 0.3 is 0 Å². The molecule has 0 spiro atoms. The topological polar surface area (TPSA) is 75.6 Å². The molecule has 6 nitrogen and oxygen atoms in total. The summed E-state index contributed by atoms with van der Waals surface area (Å²) in [4.78, 5) is 23.8. The molecule has 3 rings (SSSR count). The van der Waals surface area contributed by atoms with Crippen molar-refractivity contribution in [2.75, 3.05) is 12.4 Å². The van der Waals surface area contributed by atoms with Gasteiger partial charge in [0.2, 0.25) is 0 Å². The van der Waals surface area contributed by atoms with E-state index in [4.69, 9.17) is 0 Å². The molecule has 2 aromatic heterocycles. The molecule has 0 amide bonds. The zero-order chi connectivity index (χ0) is 14.8. The van der Waals surface area contributed by atoms with Crippen molar-refractivity contribution in [2.24, 2.45) is 0 Å². The first-order chi connectivity index (χ1) is 10.2. The molecular weight excluding hydrogens is 286 g/mol. The summed E-state index contributed by atoms with van der Waals surface area (Å²) >= 11 is 1.55. The van der Waals surface area contributed by atoms with Gasteiger partial charge in [0.25, 0.3) is 5.56 Å². The molecule has 21 heavy (non-hydrogen) atoms. The zero-order valence-electron chi connectivity index (χ0n) is 12.3. The van der Waals surface area contributed by atoms with E-state index in [0.717, 1.165) is 54.3 Å². The van der Waals surface area contributed by atoms with Crippen LogP contribution in [-0.2, 0) is 25.1 Å². The number of nitrogens with one attached hydrogen (secondary N) is 2. The van der Waals surface area contributed by atoms with Gasteiger partial charge in [-0.3, -0.25) is 4.79 Å². The number of aromatic nitrogens is 4. The lowest BCUT2D eigenvalue weighted by atomic mass is 10.3. The largest absolute Gasteiger partial charge is 0.372 e. The molecular formula is C14H19N5OS. The molecule has 2 aromatic rings. The summed E-state index contributed by atoms with van der Waals surface area (Å²) in [7, 11) is 1.87. The van der Waals surface area contributed by atoms with Crippen LogP contribution in [0.4, 0.5) is 5.82 Å². The van der Waals surface area contributed by atoms with Crippen LogP contribution in [-0.4, -0.2) is 26.6 Å². The Morgan fingerprint density at radius 2 is 2.33 bits per heavy atom. The maximum atomic E-state index is 12.0. The first-order valence-corrected chi connectivity index (χ1v) is 8.18. The Morgan fingerprint density at radius 3 is 3.10 bits per heavy atom. The first-order valence-electron chi connectivity index (χ1n) is 7.19. The number of H-pyrrole nitrogens is 1. The highest BCUT2D eigenvalue weighted by atomic mass is 32.2. The molecule has 0 unspecified atom stereocenters. The summed E-state index contributed by atoms with van der Waals surface area (Å²) in [5.41, 5.74) is 2.99. The monoisotopic (exact) mass is 305 g/mol. The van der Waals surface area contributed by atoms with Crippen molar-refractivity contribution in [1.82, 2.24) is 19.5 Å². The lowest BCUT2D eigenvalue weighted by Crippen LogP contribution is -2.15. The van der Waals surface area contributed by atoms with Crippen LogP contribution in [0.25, 0.3) is 0 Å². The molecule has 112 valence electrons. The Bertz CT molecular complexity index is 684. The Kier molecular flexibility index (Phi) is 4.01. The van der Waals surface area contributed by atoms with Gasteiger partial charge in [-0.05, 0) is 26.2 Å². The van der Waals surface area contributed by atoms with Crippen molar-refractivity contribution in [3.05, 3.63) is 33.6 Å². The van der Waals surface area contributed by atoms with Gasteiger partial charge in [0.15, 0.2) is 5.16 Å². The van der Waals surface area contributed by atoms with Gasteiger partial charge in [-0.15, -0.1) is 0 Å². The zero-order valence-corrected chi connectivity index (χ0v) is 13.1. The fourth-order valence-corrected chi connectivity index (χ4v) is 3.58.